The number of aromatic nitrogens is 2. The van der Waals surface area contributed by atoms with Gasteiger partial charge in [-0.15, -0.1) is 0 Å². The minimum atomic E-state index is 0.0605. The Balaban J connectivity index is 1.79. The molecule has 2 aromatic rings. The Morgan fingerprint density at radius 3 is 1.73 bits per heavy atom. The molecule has 0 aliphatic rings. The first kappa shape index (κ1) is 20.1. The summed E-state index contributed by atoms with van der Waals surface area (Å²) in [6, 6.07) is 11.2. The van der Waals surface area contributed by atoms with Crippen LogP contribution < -0.4 is 4.90 Å². The maximum atomic E-state index is 12.8. The number of amides is 1. The molecule has 0 spiro atoms. The molecule has 2 rings (SSSR count). The zero-order valence-corrected chi connectivity index (χ0v) is 15.9. The molecule has 0 bridgehead atoms. The van der Waals surface area contributed by atoms with Crippen molar-refractivity contribution < 1.29 is 4.79 Å². The van der Waals surface area contributed by atoms with Gasteiger partial charge in [0.25, 0.3) is 0 Å². The second-order valence-electron chi connectivity index (χ2n) is 6.68. The van der Waals surface area contributed by atoms with E-state index in [0.717, 1.165) is 12.8 Å². The zero-order chi connectivity index (χ0) is 18.5. The minimum absolute atomic E-state index is 0.0605. The van der Waals surface area contributed by atoms with Gasteiger partial charge in [-0.3, -0.25) is 4.79 Å². The van der Waals surface area contributed by atoms with Gasteiger partial charge in [0.1, 0.15) is 11.6 Å². The van der Waals surface area contributed by atoms with E-state index in [1.165, 1.54) is 44.9 Å². The van der Waals surface area contributed by atoms with Gasteiger partial charge in [-0.1, -0.05) is 70.4 Å². The zero-order valence-electron chi connectivity index (χ0n) is 15.9. The normalized spacial score (nSPS) is 10.7. The van der Waals surface area contributed by atoms with E-state index < -0.39 is 0 Å². The van der Waals surface area contributed by atoms with Crippen LogP contribution in [-0.4, -0.2) is 15.9 Å². The predicted octanol–water partition coefficient (Wildman–Crippen LogP) is 6.06. The number of hydrogen-bond donors (Lipinski definition) is 0. The SMILES string of the molecule is CCCCCCCCCCCC(=O)N(c1ccccn1)c1ccccn1. The fraction of sp³-hybridized carbons (Fsp3) is 0.500. The fourth-order valence-corrected chi connectivity index (χ4v) is 3.04. The Labute approximate surface area is 157 Å². The Bertz CT molecular complexity index is 576. The van der Waals surface area contributed by atoms with Crippen molar-refractivity contribution in [2.24, 2.45) is 0 Å². The Hall–Kier alpha value is -2.23. The molecule has 0 fully saturated rings. The standard InChI is InChI=1S/C22H31N3O/c1-2-3-4-5-6-7-8-9-10-17-22(26)25(20-15-11-13-18-23-20)21-16-12-14-19-24-21/h11-16,18-19H,2-10,17H2,1H3. The van der Waals surface area contributed by atoms with Crippen molar-refractivity contribution in [1.29, 1.82) is 0 Å². The number of nitrogens with zero attached hydrogens (tertiary/aromatic N) is 3. The third-order valence-electron chi connectivity index (χ3n) is 4.50. The van der Waals surface area contributed by atoms with E-state index in [0.29, 0.717) is 18.1 Å². The molecule has 2 aromatic heterocycles. The number of anilines is 2. The van der Waals surface area contributed by atoms with Crippen molar-refractivity contribution in [3.05, 3.63) is 48.8 Å². The van der Waals surface area contributed by atoms with Gasteiger partial charge in [-0.25, -0.2) is 14.9 Å². The van der Waals surface area contributed by atoms with E-state index in [1.54, 1.807) is 17.3 Å². The second-order valence-corrected chi connectivity index (χ2v) is 6.68. The van der Waals surface area contributed by atoms with Crippen molar-refractivity contribution in [1.82, 2.24) is 9.97 Å². The molecule has 4 nitrogen and oxygen atoms in total. The highest BCUT2D eigenvalue weighted by molar-refractivity contribution is 5.98. The summed E-state index contributed by atoms with van der Waals surface area (Å²) in [4.78, 5) is 23.1. The lowest BCUT2D eigenvalue weighted by Gasteiger charge is -2.20. The van der Waals surface area contributed by atoms with E-state index >= 15 is 0 Å². The van der Waals surface area contributed by atoms with Gasteiger partial charge >= 0.3 is 0 Å². The lowest BCUT2D eigenvalue weighted by atomic mass is 10.1. The third-order valence-corrected chi connectivity index (χ3v) is 4.50. The molecule has 0 radical (unpaired) electrons. The van der Waals surface area contributed by atoms with Crippen LogP contribution in [0, 0.1) is 0 Å². The summed E-state index contributed by atoms with van der Waals surface area (Å²) in [5, 5.41) is 0. The molecule has 2 heterocycles. The molecule has 1 amide bonds. The highest BCUT2D eigenvalue weighted by Crippen LogP contribution is 2.22. The van der Waals surface area contributed by atoms with Gasteiger partial charge in [0.15, 0.2) is 0 Å². The quantitative estimate of drug-likeness (QED) is 0.436. The van der Waals surface area contributed by atoms with Crippen LogP contribution in [0.15, 0.2) is 48.8 Å². The molecular formula is C22H31N3O. The number of unbranched alkanes of at least 4 members (excludes halogenated alkanes) is 8. The summed E-state index contributed by atoms with van der Waals surface area (Å²) in [7, 11) is 0. The van der Waals surface area contributed by atoms with Crippen LogP contribution in [0.3, 0.4) is 0 Å². The summed E-state index contributed by atoms with van der Waals surface area (Å²) in [6.07, 6.45) is 15.1. The smallest absolute Gasteiger partial charge is 0.233 e. The first-order chi connectivity index (χ1) is 12.8. The summed E-state index contributed by atoms with van der Waals surface area (Å²) in [6.45, 7) is 2.25. The molecular weight excluding hydrogens is 322 g/mol. The van der Waals surface area contributed by atoms with Crippen LogP contribution in [-0.2, 0) is 4.79 Å². The number of carbonyl (C=O) groups is 1. The Kier molecular flexibility index (Phi) is 9.41. The topological polar surface area (TPSA) is 46.1 Å². The van der Waals surface area contributed by atoms with Crippen molar-refractivity contribution in [3.63, 3.8) is 0 Å². The highest BCUT2D eigenvalue weighted by atomic mass is 16.2. The van der Waals surface area contributed by atoms with Crippen LogP contribution in [0.2, 0.25) is 0 Å². The molecule has 0 unspecified atom stereocenters. The second kappa shape index (κ2) is 12.2. The van der Waals surface area contributed by atoms with Crippen LogP contribution >= 0.6 is 0 Å². The summed E-state index contributed by atoms with van der Waals surface area (Å²) < 4.78 is 0. The number of carbonyl (C=O) groups excluding carboxylic acids is 1. The molecule has 0 saturated carbocycles. The number of hydrogen-bond acceptors (Lipinski definition) is 3. The van der Waals surface area contributed by atoms with Crippen LogP contribution in [0.1, 0.15) is 71.1 Å². The first-order valence-corrected chi connectivity index (χ1v) is 9.98. The Morgan fingerprint density at radius 1 is 0.769 bits per heavy atom. The average Bonchev–Trinajstić information content (AvgIpc) is 2.68. The first-order valence-electron chi connectivity index (χ1n) is 9.98. The van der Waals surface area contributed by atoms with Gasteiger partial charge in [0, 0.05) is 18.8 Å². The van der Waals surface area contributed by atoms with Crippen molar-refractivity contribution in [2.75, 3.05) is 4.90 Å². The largest absolute Gasteiger partial charge is 0.274 e. The molecule has 0 aliphatic heterocycles. The molecule has 140 valence electrons. The molecule has 4 heteroatoms. The van der Waals surface area contributed by atoms with Crippen molar-refractivity contribution in [3.8, 4) is 0 Å². The number of rotatable bonds is 12. The third kappa shape index (κ3) is 6.95. The van der Waals surface area contributed by atoms with Gasteiger partial charge in [-0.05, 0) is 30.7 Å². The molecule has 26 heavy (non-hydrogen) atoms. The van der Waals surface area contributed by atoms with Crippen LogP contribution in [0.4, 0.5) is 11.6 Å². The fourth-order valence-electron chi connectivity index (χ4n) is 3.04. The molecule has 0 atom stereocenters. The van der Waals surface area contributed by atoms with Gasteiger partial charge in [-0.2, -0.15) is 0 Å². The van der Waals surface area contributed by atoms with Crippen molar-refractivity contribution in [2.45, 2.75) is 71.1 Å². The monoisotopic (exact) mass is 353 g/mol. The molecule has 0 saturated heterocycles. The van der Waals surface area contributed by atoms with Crippen LogP contribution in [0.25, 0.3) is 0 Å². The average molecular weight is 354 g/mol. The van der Waals surface area contributed by atoms with Gasteiger partial charge < -0.3 is 0 Å². The maximum Gasteiger partial charge on any atom is 0.233 e. The summed E-state index contributed by atoms with van der Waals surface area (Å²) in [5.74, 6) is 1.32. The maximum absolute atomic E-state index is 12.8. The molecule has 0 aliphatic carbocycles. The van der Waals surface area contributed by atoms with Crippen LogP contribution in [0.5, 0.6) is 0 Å². The lowest BCUT2D eigenvalue weighted by Crippen LogP contribution is -2.27. The van der Waals surface area contributed by atoms with E-state index in [9.17, 15) is 4.79 Å². The Morgan fingerprint density at radius 2 is 1.27 bits per heavy atom. The summed E-state index contributed by atoms with van der Waals surface area (Å²) in [5.41, 5.74) is 0. The highest BCUT2D eigenvalue weighted by Gasteiger charge is 2.19. The summed E-state index contributed by atoms with van der Waals surface area (Å²) >= 11 is 0. The van der Waals surface area contributed by atoms with E-state index in [2.05, 4.69) is 16.9 Å². The van der Waals surface area contributed by atoms with Gasteiger partial charge in [0.05, 0.1) is 0 Å². The van der Waals surface area contributed by atoms with E-state index in [4.69, 9.17) is 0 Å². The minimum Gasteiger partial charge on any atom is -0.274 e. The van der Waals surface area contributed by atoms with E-state index in [-0.39, 0.29) is 5.91 Å². The number of pyridine rings is 2. The van der Waals surface area contributed by atoms with Gasteiger partial charge in [0.2, 0.25) is 5.91 Å². The predicted molar refractivity (Wildman–Crippen MR) is 107 cm³/mol. The lowest BCUT2D eigenvalue weighted by molar-refractivity contribution is -0.118. The molecule has 0 N–H and O–H groups in total. The van der Waals surface area contributed by atoms with E-state index in [1.807, 2.05) is 36.4 Å². The molecule has 0 aromatic carbocycles. The van der Waals surface area contributed by atoms with Crippen molar-refractivity contribution >= 4 is 17.5 Å².